The van der Waals surface area contributed by atoms with Gasteiger partial charge in [0.25, 0.3) is 5.91 Å². The minimum absolute atomic E-state index is 0.0294. The van der Waals surface area contributed by atoms with Crippen LogP contribution in [0, 0.1) is 0 Å². The average Bonchev–Trinajstić information content (AvgIpc) is 2.62. The summed E-state index contributed by atoms with van der Waals surface area (Å²) in [6.07, 6.45) is 0.768. The topological polar surface area (TPSA) is 38.3 Å². The van der Waals surface area contributed by atoms with Crippen LogP contribution in [-0.4, -0.2) is 12.5 Å². The summed E-state index contributed by atoms with van der Waals surface area (Å²) < 4.78 is 6.67. The van der Waals surface area contributed by atoms with Crippen LogP contribution >= 0.6 is 15.9 Å². The van der Waals surface area contributed by atoms with Crippen LogP contribution in [0.15, 0.2) is 83.3 Å². The third kappa shape index (κ3) is 5.19. The molecule has 0 radical (unpaired) electrons. The molecule has 0 bridgehead atoms. The van der Waals surface area contributed by atoms with Crippen LogP contribution in [0.25, 0.3) is 0 Å². The van der Waals surface area contributed by atoms with Gasteiger partial charge in [0, 0.05) is 16.6 Å². The number of halogens is 1. The zero-order chi connectivity index (χ0) is 17.5. The normalized spacial score (nSPS) is 10.3. The summed E-state index contributed by atoms with van der Waals surface area (Å²) in [7, 11) is 0. The highest BCUT2D eigenvalue weighted by Crippen LogP contribution is 2.21. The SMILES string of the molecule is O=C(COc1ccccc1Cc1ccccc1)Nc1cccc(Br)c1. The average molecular weight is 396 g/mol. The van der Waals surface area contributed by atoms with Crippen LogP contribution in [0.2, 0.25) is 0 Å². The molecular formula is C21H18BrNO2. The lowest BCUT2D eigenvalue weighted by molar-refractivity contribution is -0.118. The lowest BCUT2D eigenvalue weighted by atomic mass is 10.0. The van der Waals surface area contributed by atoms with Crippen molar-refractivity contribution in [2.45, 2.75) is 6.42 Å². The Hall–Kier alpha value is -2.59. The molecule has 3 nitrogen and oxygen atoms in total. The third-order valence-electron chi connectivity index (χ3n) is 3.68. The van der Waals surface area contributed by atoms with Gasteiger partial charge in [0.1, 0.15) is 5.75 Å². The quantitative estimate of drug-likeness (QED) is 0.633. The fourth-order valence-electron chi connectivity index (χ4n) is 2.51. The third-order valence-corrected chi connectivity index (χ3v) is 4.17. The summed E-state index contributed by atoms with van der Waals surface area (Å²) in [6.45, 7) is -0.0294. The van der Waals surface area contributed by atoms with E-state index in [1.54, 1.807) is 0 Å². The van der Waals surface area contributed by atoms with E-state index in [4.69, 9.17) is 4.74 Å². The van der Waals surface area contributed by atoms with Gasteiger partial charge < -0.3 is 10.1 Å². The molecule has 25 heavy (non-hydrogen) atoms. The molecule has 0 saturated carbocycles. The highest BCUT2D eigenvalue weighted by Gasteiger charge is 2.08. The zero-order valence-electron chi connectivity index (χ0n) is 13.6. The maximum absolute atomic E-state index is 12.1. The highest BCUT2D eigenvalue weighted by atomic mass is 79.9. The van der Waals surface area contributed by atoms with E-state index in [0.29, 0.717) is 0 Å². The number of rotatable bonds is 6. The second-order valence-electron chi connectivity index (χ2n) is 5.62. The molecule has 0 saturated heterocycles. The van der Waals surface area contributed by atoms with Crippen molar-refractivity contribution in [3.8, 4) is 5.75 Å². The number of benzene rings is 3. The van der Waals surface area contributed by atoms with E-state index in [1.807, 2.05) is 66.7 Å². The van der Waals surface area contributed by atoms with Gasteiger partial charge in [-0.2, -0.15) is 0 Å². The first kappa shape index (κ1) is 17.2. The maximum Gasteiger partial charge on any atom is 0.262 e. The van der Waals surface area contributed by atoms with Crippen molar-refractivity contribution in [3.05, 3.63) is 94.5 Å². The highest BCUT2D eigenvalue weighted by molar-refractivity contribution is 9.10. The molecule has 0 spiro atoms. The number of nitrogens with one attached hydrogen (secondary N) is 1. The van der Waals surface area contributed by atoms with Gasteiger partial charge in [0.05, 0.1) is 0 Å². The molecule has 0 aliphatic heterocycles. The molecule has 4 heteroatoms. The summed E-state index contributed by atoms with van der Waals surface area (Å²) in [5.41, 5.74) is 3.00. The molecule has 0 fully saturated rings. The summed E-state index contributed by atoms with van der Waals surface area (Å²) >= 11 is 3.39. The van der Waals surface area contributed by atoms with Gasteiger partial charge in [-0.25, -0.2) is 0 Å². The predicted octanol–water partition coefficient (Wildman–Crippen LogP) is 5.06. The van der Waals surface area contributed by atoms with Crippen LogP contribution in [0.3, 0.4) is 0 Å². The van der Waals surface area contributed by atoms with Crippen molar-refractivity contribution in [3.63, 3.8) is 0 Å². The number of carbonyl (C=O) groups is 1. The van der Waals surface area contributed by atoms with Crippen molar-refractivity contribution in [1.29, 1.82) is 0 Å². The summed E-state index contributed by atoms with van der Waals surface area (Å²) in [4.78, 5) is 12.1. The Balaban J connectivity index is 1.62. The Morgan fingerprint density at radius 3 is 2.48 bits per heavy atom. The van der Waals surface area contributed by atoms with Crippen molar-refractivity contribution < 1.29 is 9.53 Å². The van der Waals surface area contributed by atoms with Gasteiger partial charge >= 0.3 is 0 Å². The number of para-hydroxylation sites is 1. The van der Waals surface area contributed by atoms with Gasteiger partial charge in [0.2, 0.25) is 0 Å². The van der Waals surface area contributed by atoms with Gasteiger partial charge in [-0.05, 0) is 35.4 Å². The summed E-state index contributed by atoms with van der Waals surface area (Å²) in [5, 5.41) is 2.83. The van der Waals surface area contributed by atoms with E-state index >= 15 is 0 Å². The Morgan fingerprint density at radius 1 is 0.920 bits per heavy atom. The van der Waals surface area contributed by atoms with E-state index in [1.165, 1.54) is 5.56 Å². The van der Waals surface area contributed by atoms with E-state index < -0.39 is 0 Å². The smallest absolute Gasteiger partial charge is 0.262 e. The minimum Gasteiger partial charge on any atom is -0.483 e. The number of ether oxygens (including phenoxy) is 1. The van der Waals surface area contributed by atoms with Crippen LogP contribution < -0.4 is 10.1 Å². The van der Waals surface area contributed by atoms with E-state index in [9.17, 15) is 4.79 Å². The van der Waals surface area contributed by atoms with Crippen molar-refractivity contribution in [1.82, 2.24) is 0 Å². The standard InChI is InChI=1S/C21H18BrNO2/c22-18-10-6-11-19(14-18)23-21(24)15-25-20-12-5-4-9-17(20)13-16-7-2-1-3-8-16/h1-12,14H,13,15H2,(H,23,24). The maximum atomic E-state index is 12.1. The summed E-state index contributed by atoms with van der Waals surface area (Å²) in [6, 6.07) is 25.5. The second-order valence-corrected chi connectivity index (χ2v) is 6.53. The fraction of sp³-hybridized carbons (Fsp3) is 0.0952. The molecular weight excluding hydrogens is 378 g/mol. The predicted molar refractivity (Wildman–Crippen MR) is 104 cm³/mol. The molecule has 0 aliphatic carbocycles. The van der Waals surface area contributed by atoms with Crippen LogP contribution in [0.1, 0.15) is 11.1 Å². The summed E-state index contributed by atoms with van der Waals surface area (Å²) in [5.74, 6) is 0.545. The Kier molecular flexibility index (Phi) is 5.86. The Bertz CT molecular complexity index is 849. The second kappa shape index (κ2) is 8.49. The van der Waals surface area contributed by atoms with Crippen molar-refractivity contribution in [2.24, 2.45) is 0 Å². The van der Waals surface area contributed by atoms with Gasteiger partial charge in [-0.3, -0.25) is 4.79 Å². The molecule has 1 amide bonds. The number of carbonyl (C=O) groups excluding carboxylic acids is 1. The monoisotopic (exact) mass is 395 g/mol. The van der Waals surface area contributed by atoms with E-state index in [2.05, 4.69) is 33.4 Å². The van der Waals surface area contributed by atoms with Crippen LogP contribution in [0.4, 0.5) is 5.69 Å². The van der Waals surface area contributed by atoms with Crippen molar-refractivity contribution >= 4 is 27.5 Å². The Morgan fingerprint density at radius 2 is 1.68 bits per heavy atom. The van der Waals surface area contributed by atoms with E-state index in [0.717, 1.165) is 27.9 Å². The number of hydrogen-bond acceptors (Lipinski definition) is 2. The zero-order valence-corrected chi connectivity index (χ0v) is 15.2. The molecule has 0 atom stereocenters. The molecule has 0 aliphatic rings. The molecule has 0 heterocycles. The van der Waals surface area contributed by atoms with Crippen LogP contribution in [0.5, 0.6) is 5.75 Å². The first-order chi connectivity index (χ1) is 12.2. The number of amides is 1. The molecule has 126 valence electrons. The van der Waals surface area contributed by atoms with Crippen molar-refractivity contribution in [2.75, 3.05) is 11.9 Å². The van der Waals surface area contributed by atoms with Gasteiger partial charge in [-0.1, -0.05) is 70.5 Å². The first-order valence-corrected chi connectivity index (χ1v) is 8.80. The number of hydrogen-bond donors (Lipinski definition) is 1. The van der Waals surface area contributed by atoms with Gasteiger partial charge in [0.15, 0.2) is 6.61 Å². The fourth-order valence-corrected chi connectivity index (χ4v) is 2.91. The molecule has 0 aromatic heterocycles. The Labute approximate surface area is 155 Å². The molecule has 3 rings (SSSR count). The first-order valence-electron chi connectivity index (χ1n) is 8.01. The lowest BCUT2D eigenvalue weighted by Gasteiger charge is -2.12. The van der Waals surface area contributed by atoms with E-state index in [-0.39, 0.29) is 12.5 Å². The lowest BCUT2D eigenvalue weighted by Crippen LogP contribution is -2.20. The molecule has 0 unspecified atom stereocenters. The van der Waals surface area contributed by atoms with Crippen LogP contribution in [-0.2, 0) is 11.2 Å². The molecule has 1 N–H and O–H groups in total. The van der Waals surface area contributed by atoms with Gasteiger partial charge in [-0.15, -0.1) is 0 Å². The molecule has 3 aromatic carbocycles. The number of anilines is 1. The molecule has 3 aromatic rings. The largest absolute Gasteiger partial charge is 0.483 e. The minimum atomic E-state index is -0.187.